The van der Waals surface area contributed by atoms with Crippen molar-refractivity contribution < 1.29 is 9.90 Å². The van der Waals surface area contributed by atoms with E-state index < -0.39 is 5.97 Å². The van der Waals surface area contributed by atoms with Gasteiger partial charge in [-0.25, -0.2) is 4.79 Å². The van der Waals surface area contributed by atoms with E-state index in [2.05, 4.69) is 27.2 Å². The summed E-state index contributed by atoms with van der Waals surface area (Å²) in [6.07, 6.45) is 1.32. The Balaban J connectivity index is 1.68. The second-order valence-electron chi connectivity index (χ2n) is 7.10. The van der Waals surface area contributed by atoms with Gasteiger partial charge in [0.2, 0.25) is 11.9 Å². The first kappa shape index (κ1) is 18.9. The predicted octanol–water partition coefficient (Wildman–Crippen LogP) is 3.83. The lowest BCUT2D eigenvalue weighted by Crippen LogP contribution is -2.27. The van der Waals surface area contributed by atoms with Crippen LogP contribution in [0, 0.1) is 0 Å². The number of carboxylic acids is 1. The molecule has 1 atom stereocenters. The molecule has 7 heteroatoms. The van der Waals surface area contributed by atoms with Crippen LogP contribution in [0.2, 0.25) is 0 Å². The van der Waals surface area contributed by atoms with Gasteiger partial charge in [0.1, 0.15) is 5.82 Å². The quantitative estimate of drug-likeness (QED) is 0.662. The molecule has 0 radical (unpaired) electrons. The third-order valence-corrected chi connectivity index (χ3v) is 5.08. The lowest BCUT2D eigenvalue weighted by atomic mass is 10.0. The van der Waals surface area contributed by atoms with E-state index in [1.54, 1.807) is 12.1 Å². The number of nitrogens with one attached hydrogen (secondary N) is 1. The van der Waals surface area contributed by atoms with Crippen molar-refractivity contribution in [3.8, 4) is 0 Å². The van der Waals surface area contributed by atoms with Gasteiger partial charge in [-0.1, -0.05) is 43.3 Å². The fourth-order valence-corrected chi connectivity index (χ4v) is 3.67. The van der Waals surface area contributed by atoms with Crippen LogP contribution in [0.25, 0.3) is 0 Å². The van der Waals surface area contributed by atoms with E-state index in [4.69, 9.17) is 0 Å². The van der Waals surface area contributed by atoms with Gasteiger partial charge in [-0.05, 0) is 36.6 Å². The first-order valence-electron chi connectivity index (χ1n) is 9.74. The standard InChI is InChI=1S/C22H23N5O2/c1-3-19-24-21(23-13-15-8-5-4-6-9-15)26-22(25-19)27-14(2)12-17-16(20(28)29)10-7-11-18(17)27/h4-11,14H,3,12-13H2,1-2H3,(H,28,29)(H,23,24,25,26). The third-order valence-electron chi connectivity index (χ3n) is 5.08. The van der Waals surface area contributed by atoms with Gasteiger partial charge in [-0.15, -0.1) is 0 Å². The van der Waals surface area contributed by atoms with Crippen molar-refractivity contribution in [3.05, 3.63) is 71.0 Å². The molecule has 0 fully saturated rings. The van der Waals surface area contributed by atoms with Crippen molar-refractivity contribution in [2.45, 2.75) is 39.3 Å². The maximum absolute atomic E-state index is 11.6. The van der Waals surface area contributed by atoms with Crippen LogP contribution >= 0.6 is 0 Å². The molecule has 4 rings (SSSR count). The van der Waals surface area contributed by atoms with Crippen LogP contribution in [0.4, 0.5) is 17.6 Å². The smallest absolute Gasteiger partial charge is 0.336 e. The molecular formula is C22H23N5O2. The van der Waals surface area contributed by atoms with Crippen molar-refractivity contribution in [2.24, 2.45) is 0 Å². The van der Waals surface area contributed by atoms with Gasteiger partial charge in [0, 0.05) is 24.7 Å². The molecule has 0 bridgehead atoms. The van der Waals surface area contributed by atoms with Gasteiger partial charge in [-0.3, -0.25) is 0 Å². The molecule has 7 nitrogen and oxygen atoms in total. The number of rotatable bonds is 6. The van der Waals surface area contributed by atoms with E-state index in [-0.39, 0.29) is 6.04 Å². The van der Waals surface area contributed by atoms with E-state index in [0.29, 0.717) is 42.7 Å². The number of aryl methyl sites for hydroxylation is 1. The minimum absolute atomic E-state index is 0.0552. The van der Waals surface area contributed by atoms with Crippen LogP contribution in [0.15, 0.2) is 48.5 Å². The molecule has 0 saturated carbocycles. The number of aromatic carboxylic acids is 1. The molecule has 0 aliphatic carbocycles. The van der Waals surface area contributed by atoms with Crippen molar-refractivity contribution in [3.63, 3.8) is 0 Å². The minimum atomic E-state index is -0.911. The molecule has 1 unspecified atom stereocenters. The normalized spacial score (nSPS) is 15.2. The summed E-state index contributed by atoms with van der Waals surface area (Å²) >= 11 is 0. The average molecular weight is 389 g/mol. The zero-order valence-corrected chi connectivity index (χ0v) is 16.5. The minimum Gasteiger partial charge on any atom is -0.478 e. The Hall–Kier alpha value is -3.48. The summed E-state index contributed by atoms with van der Waals surface area (Å²) in [7, 11) is 0. The highest BCUT2D eigenvalue weighted by molar-refractivity contribution is 5.92. The monoisotopic (exact) mass is 389 g/mol. The number of hydrogen-bond donors (Lipinski definition) is 2. The highest BCUT2D eigenvalue weighted by Crippen LogP contribution is 2.38. The number of carbonyl (C=O) groups is 1. The van der Waals surface area contributed by atoms with Crippen molar-refractivity contribution >= 4 is 23.6 Å². The summed E-state index contributed by atoms with van der Waals surface area (Å²) in [4.78, 5) is 27.4. The van der Waals surface area contributed by atoms with Gasteiger partial charge < -0.3 is 15.3 Å². The second-order valence-corrected chi connectivity index (χ2v) is 7.10. The Morgan fingerprint density at radius 3 is 2.66 bits per heavy atom. The topological polar surface area (TPSA) is 91.2 Å². The number of anilines is 3. The molecule has 1 aromatic heterocycles. The van der Waals surface area contributed by atoms with E-state index in [0.717, 1.165) is 16.8 Å². The van der Waals surface area contributed by atoms with Crippen LogP contribution in [0.3, 0.4) is 0 Å². The van der Waals surface area contributed by atoms with E-state index >= 15 is 0 Å². The zero-order chi connectivity index (χ0) is 20.4. The van der Waals surface area contributed by atoms with Crippen LogP contribution in [0.5, 0.6) is 0 Å². The third kappa shape index (κ3) is 3.76. The average Bonchev–Trinajstić information content (AvgIpc) is 3.08. The molecule has 2 aromatic carbocycles. The maximum Gasteiger partial charge on any atom is 0.336 e. The number of fused-ring (bicyclic) bond motifs is 1. The molecule has 1 aliphatic rings. The summed E-state index contributed by atoms with van der Waals surface area (Å²) < 4.78 is 0. The number of nitrogens with zero attached hydrogens (tertiary/aromatic N) is 4. The van der Waals surface area contributed by atoms with Gasteiger partial charge in [-0.2, -0.15) is 15.0 Å². The van der Waals surface area contributed by atoms with Crippen molar-refractivity contribution in [1.82, 2.24) is 15.0 Å². The predicted molar refractivity (Wildman–Crippen MR) is 112 cm³/mol. The highest BCUT2D eigenvalue weighted by atomic mass is 16.4. The molecule has 0 saturated heterocycles. The lowest BCUT2D eigenvalue weighted by Gasteiger charge is -2.23. The van der Waals surface area contributed by atoms with Gasteiger partial charge in [0.05, 0.1) is 5.56 Å². The van der Waals surface area contributed by atoms with Crippen molar-refractivity contribution in [2.75, 3.05) is 10.2 Å². The summed E-state index contributed by atoms with van der Waals surface area (Å²) in [5, 5.41) is 12.8. The Morgan fingerprint density at radius 1 is 1.14 bits per heavy atom. The van der Waals surface area contributed by atoms with Crippen LogP contribution < -0.4 is 10.2 Å². The molecule has 29 heavy (non-hydrogen) atoms. The second kappa shape index (κ2) is 7.87. The molecule has 2 heterocycles. The summed E-state index contributed by atoms with van der Waals surface area (Å²) in [5.74, 6) is 0.846. The molecular weight excluding hydrogens is 366 g/mol. The highest BCUT2D eigenvalue weighted by Gasteiger charge is 2.32. The van der Waals surface area contributed by atoms with E-state index in [1.165, 1.54) is 0 Å². The Kier molecular flexibility index (Phi) is 5.12. The Morgan fingerprint density at radius 2 is 1.93 bits per heavy atom. The number of hydrogen-bond acceptors (Lipinski definition) is 6. The van der Waals surface area contributed by atoms with Crippen LogP contribution in [-0.4, -0.2) is 32.1 Å². The zero-order valence-electron chi connectivity index (χ0n) is 16.5. The molecule has 0 amide bonds. The van der Waals surface area contributed by atoms with Crippen LogP contribution in [0.1, 0.15) is 41.2 Å². The maximum atomic E-state index is 11.6. The van der Waals surface area contributed by atoms with Crippen LogP contribution in [-0.2, 0) is 19.4 Å². The summed E-state index contributed by atoms with van der Waals surface area (Å²) in [5.41, 5.74) is 3.15. The number of carboxylic acid groups (broad SMARTS) is 1. The number of benzene rings is 2. The lowest BCUT2D eigenvalue weighted by molar-refractivity contribution is 0.0696. The molecule has 2 N–H and O–H groups in total. The Labute approximate surface area is 169 Å². The van der Waals surface area contributed by atoms with E-state index in [1.807, 2.05) is 48.2 Å². The molecule has 1 aliphatic heterocycles. The largest absolute Gasteiger partial charge is 0.478 e. The first-order chi connectivity index (χ1) is 14.1. The first-order valence-corrected chi connectivity index (χ1v) is 9.74. The van der Waals surface area contributed by atoms with Crippen molar-refractivity contribution in [1.29, 1.82) is 0 Å². The summed E-state index contributed by atoms with van der Waals surface area (Å²) in [6.45, 7) is 4.67. The van der Waals surface area contributed by atoms with Gasteiger partial charge in [0.15, 0.2) is 0 Å². The molecule has 148 valence electrons. The number of aromatic nitrogens is 3. The Bertz CT molecular complexity index is 1040. The molecule has 0 spiro atoms. The van der Waals surface area contributed by atoms with Gasteiger partial charge >= 0.3 is 5.97 Å². The molecule has 3 aromatic rings. The van der Waals surface area contributed by atoms with Gasteiger partial charge in [0.25, 0.3) is 0 Å². The van der Waals surface area contributed by atoms with E-state index in [9.17, 15) is 9.90 Å². The summed E-state index contributed by atoms with van der Waals surface area (Å²) in [6, 6.07) is 15.5. The fourth-order valence-electron chi connectivity index (χ4n) is 3.67. The SMILES string of the molecule is CCc1nc(NCc2ccccc2)nc(N2c3cccc(C(=O)O)c3CC2C)n1. The fraction of sp³-hybridized carbons (Fsp3) is 0.273.